The number of ether oxygens (including phenoxy) is 2. The molecule has 1 aromatic heterocycles. The third kappa shape index (κ3) is 6.03. The molecule has 0 saturated heterocycles. The molecule has 7 nitrogen and oxygen atoms in total. The highest BCUT2D eigenvalue weighted by molar-refractivity contribution is 5.76. The van der Waals surface area contributed by atoms with Crippen molar-refractivity contribution in [1.82, 2.24) is 9.88 Å². The Labute approximate surface area is 224 Å². The van der Waals surface area contributed by atoms with Crippen molar-refractivity contribution in [3.63, 3.8) is 0 Å². The normalized spacial score (nSPS) is 23.5. The van der Waals surface area contributed by atoms with Crippen LogP contribution >= 0.6 is 0 Å². The van der Waals surface area contributed by atoms with Gasteiger partial charge in [0.15, 0.2) is 0 Å². The third-order valence-electron chi connectivity index (χ3n) is 8.38. The lowest BCUT2D eigenvalue weighted by Gasteiger charge is -2.34. The molecule has 3 aliphatic rings. The highest BCUT2D eigenvalue weighted by Gasteiger charge is 2.38. The van der Waals surface area contributed by atoms with Crippen molar-refractivity contribution in [2.24, 2.45) is 0 Å². The molecule has 1 aliphatic carbocycles. The number of hydrogen-bond acceptors (Lipinski definition) is 6. The van der Waals surface area contributed by atoms with Crippen LogP contribution in [0.15, 0.2) is 24.3 Å². The zero-order valence-electron chi connectivity index (χ0n) is 22.5. The Morgan fingerprint density at radius 2 is 2.16 bits per heavy atom. The number of rotatable bonds is 10. The van der Waals surface area contributed by atoms with Gasteiger partial charge in [-0.15, -0.1) is 0 Å². The van der Waals surface area contributed by atoms with Crippen LogP contribution in [0, 0.1) is 5.82 Å². The van der Waals surface area contributed by atoms with Gasteiger partial charge < -0.3 is 19.9 Å². The number of hydrogen-bond donors (Lipinski definition) is 2. The molecule has 3 heterocycles. The topological polar surface area (TPSA) is 83.9 Å². The summed E-state index contributed by atoms with van der Waals surface area (Å²) in [4.78, 5) is 19.2. The number of aliphatic carboxylic acids is 1. The molecule has 0 radical (unpaired) electrons. The van der Waals surface area contributed by atoms with Crippen LogP contribution in [0.25, 0.3) is 0 Å². The smallest absolute Gasteiger partial charge is 0.325 e. The molecular weight excluding hydrogens is 485 g/mol. The number of benzene rings is 1. The second-order valence-electron chi connectivity index (χ2n) is 11.1. The predicted octanol–water partition coefficient (Wildman–Crippen LogP) is 5.23. The average Bonchev–Trinajstić information content (AvgIpc) is 3.37. The van der Waals surface area contributed by atoms with Crippen LogP contribution in [0.2, 0.25) is 0 Å². The SMILES string of the molecule is C[C@@H]1COCc2cc(F)cc([C@@H](C(=O)O)N(C)[C@H]3CC[C@H](OCCCCc4ccc5c(n4)NCCC5)C3)c21. The second kappa shape index (κ2) is 12.1. The lowest BCUT2D eigenvalue weighted by Crippen LogP contribution is -2.39. The second-order valence-corrected chi connectivity index (χ2v) is 11.1. The summed E-state index contributed by atoms with van der Waals surface area (Å²) in [6.45, 7) is 4.54. The van der Waals surface area contributed by atoms with Gasteiger partial charge in [0.25, 0.3) is 0 Å². The van der Waals surface area contributed by atoms with E-state index in [2.05, 4.69) is 17.4 Å². The Morgan fingerprint density at radius 3 is 3.00 bits per heavy atom. The van der Waals surface area contributed by atoms with Gasteiger partial charge in [-0.1, -0.05) is 13.0 Å². The Hall–Kier alpha value is -2.55. The van der Waals surface area contributed by atoms with E-state index >= 15 is 0 Å². The van der Waals surface area contributed by atoms with E-state index in [1.54, 1.807) is 0 Å². The van der Waals surface area contributed by atoms with Crippen molar-refractivity contribution in [2.75, 3.05) is 32.1 Å². The number of carboxylic acid groups (broad SMARTS) is 1. The van der Waals surface area contributed by atoms with E-state index in [0.29, 0.717) is 25.4 Å². The van der Waals surface area contributed by atoms with Gasteiger partial charge in [-0.25, -0.2) is 9.37 Å². The zero-order chi connectivity index (χ0) is 26.6. The Kier molecular flexibility index (Phi) is 8.61. The number of halogens is 1. The van der Waals surface area contributed by atoms with E-state index < -0.39 is 17.8 Å². The molecule has 5 rings (SSSR count). The number of nitrogens with zero attached hydrogens (tertiary/aromatic N) is 2. The number of aryl methyl sites for hydroxylation is 2. The summed E-state index contributed by atoms with van der Waals surface area (Å²) < 4.78 is 26.3. The number of carbonyl (C=O) groups is 1. The predicted molar refractivity (Wildman–Crippen MR) is 144 cm³/mol. The van der Waals surface area contributed by atoms with E-state index in [-0.39, 0.29) is 18.1 Å². The van der Waals surface area contributed by atoms with E-state index in [1.807, 2.05) is 18.9 Å². The van der Waals surface area contributed by atoms with Crippen LogP contribution in [0.5, 0.6) is 0 Å². The molecule has 0 unspecified atom stereocenters. The summed E-state index contributed by atoms with van der Waals surface area (Å²) in [6, 6.07) is 6.41. The fraction of sp³-hybridized carbons (Fsp3) is 0.600. The van der Waals surface area contributed by atoms with Gasteiger partial charge in [-0.05, 0) is 98.9 Å². The summed E-state index contributed by atoms with van der Waals surface area (Å²) in [7, 11) is 1.85. The van der Waals surface area contributed by atoms with Crippen molar-refractivity contribution in [2.45, 2.75) is 89.0 Å². The molecule has 2 aliphatic heterocycles. The lowest BCUT2D eigenvalue weighted by molar-refractivity contribution is -0.144. The third-order valence-corrected chi connectivity index (χ3v) is 8.38. The van der Waals surface area contributed by atoms with Gasteiger partial charge in [0.2, 0.25) is 0 Å². The molecule has 0 spiro atoms. The summed E-state index contributed by atoms with van der Waals surface area (Å²) in [6.07, 6.45) is 7.89. The summed E-state index contributed by atoms with van der Waals surface area (Å²) >= 11 is 0. The van der Waals surface area contributed by atoms with Crippen molar-refractivity contribution >= 4 is 11.8 Å². The number of carboxylic acids is 1. The number of aromatic nitrogens is 1. The first-order chi connectivity index (χ1) is 18.4. The molecule has 4 atom stereocenters. The molecule has 206 valence electrons. The molecule has 38 heavy (non-hydrogen) atoms. The van der Waals surface area contributed by atoms with Crippen molar-refractivity contribution in [3.8, 4) is 0 Å². The number of unbranched alkanes of at least 4 members (excludes halogenated alkanes) is 1. The molecular formula is C30H40FN3O4. The summed E-state index contributed by atoms with van der Waals surface area (Å²) in [5, 5.41) is 13.6. The van der Waals surface area contributed by atoms with Gasteiger partial charge in [0.05, 0.1) is 19.3 Å². The van der Waals surface area contributed by atoms with Gasteiger partial charge in [-0.2, -0.15) is 0 Å². The maximum atomic E-state index is 14.5. The van der Waals surface area contributed by atoms with Crippen LogP contribution in [0.4, 0.5) is 10.2 Å². The van der Waals surface area contributed by atoms with E-state index in [1.165, 1.54) is 24.1 Å². The Morgan fingerprint density at radius 1 is 1.29 bits per heavy atom. The minimum absolute atomic E-state index is 0.0250. The molecule has 2 N–H and O–H groups in total. The maximum Gasteiger partial charge on any atom is 0.325 e. The lowest BCUT2D eigenvalue weighted by atomic mass is 9.86. The van der Waals surface area contributed by atoms with E-state index in [4.69, 9.17) is 14.5 Å². The Bertz CT molecular complexity index is 1140. The van der Waals surface area contributed by atoms with Gasteiger partial charge in [-0.3, -0.25) is 9.69 Å². The van der Waals surface area contributed by atoms with Gasteiger partial charge in [0, 0.05) is 30.8 Å². The van der Waals surface area contributed by atoms with Crippen LogP contribution in [-0.2, 0) is 33.7 Å². The minimum Gasteiger partial charge on any atom is -0.480 e. The summed E-state index contributed by atoms with van der Waals surface area (Å²) in [5.41, 5.74) is 4.68. The molecule has 8 heteroatoms. The van der Waals surface area contributed by atoms with Crippen molar-refractivity contribution < 1.29 is 23.8 Å². The highest BCUT2D eigenvalue weighted by atomic mass is 19.1. The molecule has 1 saturated carbocycles. The monoisotopic (exact) mass is 525 g/mol. The van der Waals surface area contributed by atoms with Gasteiger partial charge >= 0.3 is 5.97 Å². The molecule has 0 amide bonds. The largest absolute Gasteiger partial charge is 0.480 e. The minimum atomic E-state index is -0.950. The molecule has 0 bridgehead atoms. The average molecular weight is 526 g/mol. The maximum absolute atomic E-state index is 14.5. The number of likely N-dealkylation sites (N-methyl/N-ethyl adjacent to an activating group) is 1. The number of nitrogens with one attached hydrogen (secondary N) is 1. The van der Waals surface area contributed by atoms with Gasteiger partial charge in [0.1, 0.15) is 17.7 Å². The first kappa shape index (κ1) is 27.0. The highest BCUT2D eigenvalue weighted by Crippen LogP contribution is 2.38. The van der Waals surface area contributed by atoms with Crippen LogP contribution in [0.1, 0.15) is 85.4 Å². The number of pyridine rings is 1. The quantitative estimate of drug-likeness (QED) is 0.411. The number of anilines is 1. The van der Waals surface area contributed by atoms with Crippen LogP contribution in [-0.4, -0.2) is 59.9 Å². The van der Waals surface area contributed by atoms with Crippen LogP contribution in [0.3, 0.4) is 0 Å². The zero-order valence-corrected chi connectivity index (χ0v) is 22.5. The van der Waals surface area contributed by atoms with Crippen LogP contribution < -0.4 is 5.32 Å². The molecule has 2 aromatic rings. The number of fused-ring (bicyclic) bond motifs is 2. The molecule has 1 aromatic carbocycles. The fourth-order valence-electron chi connectivity index (χ4n) is 6.42. The first-order valence-electron chi connectivity index (χ1n) is 14.1. The Balaban J connectivity index is 1.13. The van der Waals surface area contributed by atoms with Crippen molar-refractivity contribution in [3.05, 3.63) is 58.0 Å². The summed E-state index contributed by atoms with van der Waals surface area (Å²) in [5.74, 6) is -0.288. The standard InChI is InChI=1S/C30H40FN3O4/c1-19-17-37-18-21-14-22(31)15-26(27(19)21)28(30(35)36)34(2)24-10-11-25(16-24)38-13-4-3-7-23-9-8-20-6-5-12-32-29(20)33-23/h8-9,14-15,19,24-25,28H,3-7,10-13,16-18H2,1-2H3,(H,32,33)(H,35,36)/t19-,24+,25+,28+/m1/s1. The first-order valence-corrected chi connectivity index (χ1v) is 14.1. The van der Waals surface area contributed by atoms with E-state index in [0.717, 1.165) is 74.1 Å². The van der Waals surface area contributed by atoms with Crippen molar-refractivity contribution in [1.29, 1.82) is 0 Å². The van der Waals surface area contributed by atoms with E-state index in [9.17, 15) is 14.3 Å². The molecule has 1 fully saturated rings. The fourth-order valence-corrected chi connectivity index (χ4v) is 6.42.